The van der Waals surface area contributed by atoms with Crippen LogP contribution in [0.3, 0.4) is 0 Å². The number of nitrogens with zero attached hydrogens (tertiary/aromatic N) is 5. The molecular weight excluding hydrogens is 232 g/mol. The number of aromatic nitrogens is 3. The highest BCUT2D eigenvalue weighted by molar-refractivity contribution is 5.42. The number of hydrogen-bond acceptors (Lipinski definition) is 7. The summed E-state index contributed by atoms with van der Waals surface area (Å²) < 4.78 is 5.35. The van der Waals surface area contributed by atoms with E-state index in [0.29, 0.717) is 18.0 Å². The van der Waals surface area contributed by atoms with E-state index in [4.69, 9.17) is 10.5 Å². The molecular formula is C11H20N6O. The third-order valence-electron chi connectivity index (χ3n) is 3.09. The van der Waals surface area contributed by atoms with Crippen LogP contribution in [0, 0.1) is 0 Å². The molecule has 2 rings (SSSR count). The maximum atomic E-state index is 5.72. The number of ether oxygens (including phenoxy) is 1. The largest absolute Gasteiger partial charge is 0.381 e. The molecule has 1 saturated heterocycles. The molecule has 1 fully saturated rings. The summed E-state index contributed by atoms with van der Waals surface area (Å²) in [4.78, 5) is 16.7. The molecule has 18 heavy (non-hydrogen) atoms. The molecule has 1 aliphatic heterocycles. The van der Waals surface area contributed by atoms with Gasteiger partial charge in [-0.2, -0.15) is 15.0 Å². The van der Waals surface area contributed by atoms with Crippen molar-refractivity contribution in [3.63, 3.8) is 0 Å². The molecule has 0 unspecified atom stereocenters. The number of piperidine rings is 1. The Bertz CT molecular complexity index is 403. The Hall–Kier alpha value is -1.63. The standard InChI is InChI=1S/C11H20N6O/c1-16(2)10-13-9(12)14-11(15-10)17-6-4-8(18-3)5-7-17/h8H,4-7H2,1-3H3,(H2,12,13,14,15). The maximum Gasteiger partial charge on any atom is 0.231 e. The minimum absolute atomic E-state index is 0.262. The van der Waals surface area contributed by atoms with E-state index < -0.39 is 0 Å². The Morgan fingerprint density at radius 1 is 1.22 bits per heavy atom. The molecule has 2 heterocycles. The van der Waals surface area contributed by atoms with Crippen LogP contribution in [-0.2, 0) is 4.74 Å². The van der Waals surface area contributed by atoms with Crippen molar-refractivity contribution in [1.29, 1.82) is 0 Å². The lowest BCUT2D eigenvalue weighted by molar-refractivity contribution is 0.0816. The zero-order valence-electron chi connectivity index (χ0n) is 11.1. The van der Waals surface area contributed by atoms with E-state index in [2.05, 4.69) is 19.9 Å². The van der Waals surface area contributed by atoms with Crippen molar-refractivity contribution in [3.05, 3.63) is 0 Å². The van der Waals surface area contributed by atoms with Crippen molar-refractivity contribution in [2.45, 2.75) is 18.9 Å². The van der Waals surface area contributed by atoms with Gasteiger partial charge in [0.05, 0.1) is 6.10 Å². The Morgan fingerprint density at radius 3 is 2.44 bits per heavy atom. The molecule has 0 bridgehead atoms. The molecule has 0 atom stereocenters. The fourth-order valence-corrected chi connectivity index (χ4v) is 2.00. The summed E-state index contributed by atoms with van der Waals surface area (Å²) in [5.74, 6) is 1.50. The van der Waals surface area contributed by atoms with E-state index in [1.54, 1.807) is 7.11 Å². The second-order valence-corrected chi connectivity index (χ2v) is 4.61. The molecule has 0 spiro atoms. The van der Waals surface area contributed by atoms with Gasteiger partial charge in [0.1, 0.15) is 0 Å². The lowest BCUT2D eigenvalue weighted by atomic mass is 10.1. The van der Waals surface area contributed by atoms with Crippen molar-refractivity contribution in [1.82, 2.24) is 15.0 Å². The topological polar surface area (TPSA) is 80.4 Å². The lowest BCUT2D eigenvalue weighted by Crippen LogP contribution is -2.38. The molecule has 1 aliphatic rings. The first-order valence-electron chi connectivity index (χ1n) is 6.06. The normalized spacial score (nSPS) is 16.9. The van der Waals surface area contributed by atoms with Crippen molar-refractivity contribution >= 4 is 17.8 Å². The highest BCUT2D eigenvalue weighted by Crippen LogP contribution is 2.19. The minimum Gasteiger partial charge on any atom is -0.381 e. The summed E-state index contributed by atoms with van der Waals surface area (Å²) in [6.07, 6.45) is 2.31. The van der Waals surface area contributed by atoms with Crippen LogP contribution in [0.4, 0.5) is 17.8 Å². The highest BCUT2D eigenvalue weighted by atomic mass is 16.5. The van der Waals surface area contributed by atoms with E-state index in [-0.39, 0.29) is 5.95 Å². The predicted octanol–water partition coefficient (Wildman–Crippen LogP) is 0.135. The lowest BCUT2D eigenvalue weighted by Gasteiger charge is -2.31. The van der Waals surface area contributed by atoms with Crippen molar-refractivity contribution in [2.75, 3.05) is 49.8 Å². The maximum absolute atomic E-state index is 5.72. The van der Waals surface area contributed by atoms with Crippen molar-refractivity contribution in [3.8, 4) is 0 Å². The molecule has 0 aliphatic carbocycles. The summed E-state index contributed by atoms with van der Waals surface area (Å²) in [7, 11) is 5.52. The van der Waals surface area contributed by atoms with Gasteiger partial charge in [-0.25, -0.2) is 0 Å². The molecule has 7 heteroatoms. The van der Waals surface area contributed by atoms with Gasteiger partial charge < -0.3 is 20.3 Å². The molecule has 7 nitrogen and oxygen atoms in total. The zero-order valence-corrected chi connectivity index (χ0v) is 11.1. The van der Waals surface area contributed by atoms with E-state index in [0.717, 1.165) is 25.9 Å². The van der Waals surface area contributed by atoms with Gasteiger partial charge in [0, 0.05) is 34.3 Å². The summed E-state index contributed by atoms with van der Waals surface area (Å²) in [6, 6.07) is 0. The average Bonchev–Trinajstić information content (AvgIpc) is 2.38. The zero-order chi connectivity index (χ0) is 13.1. The Kier molecular flexibility index (Phi) is 3.81. The van der Waals surface area contributed by atoms with Crippen LogP contribution < -0.4 is 15.5 Å². The number of nitrogens with two attached hydrogens (primary N) is 1. The van der Waals surface area contributed by atoms with E-state index in [1.165, 1.54) is 0 Å². The SMILES string of the molecule is COC1CCN(c2nc(N)nc(N(C)C)n2)CC1. The van der Waals surface area contributed by atoms with Gasteiger partial charge in [-0.15, -0.1) is 0 Å². The van der Waals surface area contributed by atoms with Gasteiger partial charge in [-0.1, -0.05) is 0 Å². The number of hydrogen-bond donors (Lipinski definition) is 1. The first kappa shape index (κ1) is 12.8. The Morgan fingerprint density at radius 2 is 1.89 bits per heavy atom. The monoisotopic (exact) mass is 252 g/mol. The molecule has 0 radical (unpaired) electrons. The van der Waals surface area contributed by atoms with E-state index >= 15 is 0 Å². The molecule has 0 aromatic carbocycles. The molecule has 0 amide bonds. The third kappa shape index (κ3) is 2.79. The van der Waals surface area contributed by atoms with Gasteiger partial charge >= 0.3 is 0 Å². The van der Waals surface area contributed by atoms with Crippen molar-refractivity contribution < 1.29 is 4.74 Å². The second-order valence-electron chi connectivity index (χ2n) is 4.61. The van der Waals surface area contributed by atoms with Gasteiger partial charge in [-0.3, -0.25) is 0 Å². The highest BCUT2D eigenvalue weighted by Gasteiger charge is 2.21. The van der Waals surface area contributed by atoms with Gasteiger partial charge in [0.15, 0.2) is 0 Å². The summed E-state index contributed by atoms with van der Waals surface area (Å²) in [5.41, 5.74) is 5.72. The number of methoxy groups -OCH3 is 1. The Balaban J connectivity index is 2.13. The van der Waals surface area contributed by atoms with Crippen LogP contribution in [0.15, 0.2) is 0 Å². The molecule has 0 saturated carbocycles. The quantitative estimate of drug-likeness (QED) is 0.819. The summed E-state index contributed by atoms with van der Waals surface area (Å²) in [5, 5.41) is 0. The van der Waals surface area contributed by atoms with Crippen molar-refractivity contribution in [2.24, 2.45) is 0 Å². The summed E-state index contributed by atoms with van der Waals surface area (Å²) >= 11 is 0. The van der Waals surface area contributed by atoms with Crippen LogP contribution in [0.5, 0.6) is 0 Å². The molecule has 1 aromatic rings. The van der Waals surface area contributed by atoms with Gasteiger partial charge in [-0.05, 0) is 12.8 Å². The van der Waals surface area contributed by atoms with Crippen LogP contribution in [0.1, 0.15) is 12.8 Å². The first-order chi connectivity index (χ1) is 8.60. The van der Waals surface area contributed by atoms with Gasteiger partial charge in [0.2, 0.25) is 17.8 Å². The van der Waals surface area contributed by atoms with E-state index in [1.807, 2.05) is 19.0 Å². The Labute approximate surface area is 107 Å². The van der Waals surface area contributed by atoms with Crippen LogP contribution in [-0.4, -0.2) is 55.4 Å². The van der Waals surface area contributed by atoms with E-state index in [9.17, 15) is 0 Å². The van der Waals surface area contributed by atoms with Gasteiger partial charge in [0.25, 0.3) is 0 Å². The second kappa shape index (κ2) is 5.34. The first-order valence-corrected chi connectivity index (χ1v) is 6.06. The predicted molar refractivity (Wildman–Crippen MR) is 70.8 cm³/mol. The number of anilines is 3. The molecule has 100 valence electrons. The molecule has 1 aromatic heterocycles. The van der Waals surface area contributed by atoms with Crippen LogP contribution in [0.2, 0.25) is 0 Å². The third-order valence-corrected chi connectivity index (χ3v) is 3.09. The van der Waals surface area contributed by atoms with Crippen LogP contribution >= 0.6 is 0 Å². The number of nitrogen functional groups attached to an aromatic ring is 1. The number of rotatable bonds is 3. The fraction of sp³-hybridized carbons (Fsp3) is 0.727. The average molecular weight is 252 g/mol. The smallest absolute Gasteiger partial charge is 0.231 e. The fourth-order valence-electron chi connectivity index (χ4n) is 2.00. The summed E-state index contributed by atoms with van der Waals surface area (Å²) in [6.45, 7) is 1.77. The minimum atomic E-state index is 0.262. The molecule has 2 N–H and O–H groups in total. The van der Waals surface area contributed by atoms with Crippen LogP contribution in [0.25, 0.3) is 0 Å².